The van der Waals surface area contributed by atoms with Crippen LogP contribution in [0.3, 0.4) is 0 Å². The second-order valence-corrected chi connectivity index (χ2v) is 3.20. The molecule has 0 nitrogen and oxygen atoms in total. The third kappa shape index (κ3) is 1.18. The number of hydrogen-bond acceptors (Lipinski definition) is 0. The van der Waals surface area contributed by atoms with E-state index in [-0.39, 0.29) is 12.8 Å². The summed E-state index contributed by atoms with van der Waals surface area (Å²) in [6.07, 6.45) is 0.215. The minimum atomic E-state index is -2.47. The Bertz CT molecular complexity index is 387. The minimum absolute atomic E-state index is 0.107. The number of hydrogen-bond donors (Lipinski definition) is 0. The lowest BCUT2D eigenvalue weighted by Gasteiger charge is -2.14. The molecule has 0 aromatic heterocycles. The van der Waals surface area contributed by atoms with E-state index < -0.39 is 19.1 Å². The van der Waals surface area contributed by atoms with Gasteiger partial charge in [0.1, 0.15) is 0 Å². The predicted molar refractivity (Wildman–Crippen MR) is 47.6 cm³/mol. The van der Waals surface area contributed by atoms with Gasteiger partial charge < -0.3 is 0 Å². The Morgan fingerprint density at radius 1 is 1.18 bits per heavy atom. The molecule has 0 spiro atoms. The fourth-order valence-electron chi connectivity index (χ4n) is 1.62. The zero-order valence-corrected chi connectivity index (χ0v) is 6.22. The fourth-order valence-corrected chi connectivity index (χ4v) is 1.62. The molecule has 11 heavy (non-hydrogen) atoms. The quantitative estimate of drug-likeness (QED) is 0.536. The largest absolute Gasteiger partial charge is 0.0620 e. The average Bonchev–Trinajstić information content (AvgIpc) is 2.55. The van der Waals surface area contributed by atoms with Gasteiger partial charge in [-0.2, -0.15) is 0 Å². The van der Waals surface area contributed by atoms with Crippen molar-refractivity contribution in [1.29, 1.82) is 0 Å². The summed E-state index contributed by atoms with van der Waals surface area (Å²) in [5.41, 5.74) is 0.0726. The molecular weight excluding hydrogens is 132 g/mol. The molecule has 58 valence electrons. The highest BCUT2D eigenvalue weighted by molar-refractivity contribution is 5.33. The Balaban J connectivity index is 2.50. The summed E-state index contributed by atoms with van der Waals surface area (Å²) in [6, 6.07) is 7.25. The summed E-state index contributed by atoms with van der Waals surface area (Å²) in [5.74, 6) is 0. The molecule has 1 aromatic rings. The van der Waals surface area contributed by atoms with Crippen LogP contribution in [0.2, 0.25) is 0 Å². The topological polar surface area (TPSA) is 0 Å². The summed E-state index contributed by atoms with van der Waals surface area (Å²) in [7, 11) is 0. The van der Waals surface area contributed by atoms with Crippen LogP contribution in [0.25, 0.3) is 0 Å². The van der Waals surface area contributed by atoms with Crippen molar-refractivity contribution in [3.05, 3.63) is 35.4 Å². The van der Waals surface area contributed by atoms with Crippen molar-refractivity contribution in [3.8, 4) is 0 Å². The van der Waals surface area contributed by atoms with Crippen LogP contribution in [-0.4, -0.2) is 0 Å². The lowest BCUT2D eigenvalue weighted by molar-refractivity contribution is 0.392. The first-order valence-corrected chi connectivity index (χ1v) is 3.74. The first-order chi connectivity index (χ1) is 7.67. The molecule has 1 aliphatic carbocycles. The highest BCUT2D eigenvalue weighted by Gasteiger charge is 2.27. The molecule has 0 N–H and O–H groups in total. The predicted octanol–water partition coefficient (Wildman–Crippen LogP) is 2.81. The molecule has 0 radical (unpaired) electrons. The van der Waals surface area contributed by atoms with Gasteiger partial charge in [0.25, 0.3) is 0 Å². The third-order valence-electron chi connectivity index (χ3n) is 2.10. The van der Waals surface area contributed by atoms with Crippen LogP contribution < -0.4 is 0 Å². The van der Waals surface area contributed by atoms with Crippen molar-refractivity contribution < 1.29 is 8.22 Å². The van der Waals surface area contributed by atoms with Crippen LogP contribution in [0, 0.1) is 5.41 Å². The Morgan fingerprint density at radius 3 is 2.18 bits per heavy atom. The van der Waals surface area contributed by atoms with E-state index in [2.05, 4.69) is 0 Å². The van der Waals surface area contributed by atoms with Gasteiger partial charge in [0.15, 0.2) is 0 Å². The molecule has 0 amide bonds. The Morgan fingerprint density at radius 2 is 1.73 bits per heavy atom. The maximum Gasteiger partial charge on any atom is 0.0236 e. The molecule has 0 saturated carbocycles. The Labute approximate surface area is 76.7 Å². The van der Waals surface area contributed by atoms with Crippen molar-refractivity contribution in [3.63, 3.8) is 0 Å². The monoisotopic (exact) mass is 152 g/mol. The third-order valence-corrected chi connectivity index (χ3v) is 2.10. The molecule has 0 bridgehead atoms. The molecule has 0 heterocycles. The van der Waals surface area contributed by atoms with Gasteiger partial charge in [0.2, 0.25) is 0 Å². The SMILES string of the molecule is [2H]C([2H])([2H])C1(C([2H])([2H])[2H])Cc2ccccc2C1. The van der Waals surface area contributed by atoms with Gasteiger partial charge in [-0.1, -0.05) is 38.0 Å². The van der Waals surface area contributed by atoms with Crippen molar-refractivity contribution >= 4 is 0 Å². The van der Waals surface area contributed by atoms with Crippen molar-refractivity contribution in [2.24, 2.45) is 5.41 Å². The maximum atomic E-state index is 7.58. The van der Waals surface area contributed by atoms with E-state index >= 15 is 0 Å². The molecule has 1 aromatic carbocycles. The molecule has 0 heteroatoms. The van der Waals surface area contributed by atoms with Gasteiger partial charge in [0.05, 0.1) is 0 Å². The molecule has 0 aliphatic heterocycles. The second-order valence-electron chi connectivity index (χ2n) is 3.20. The summed E-state index contributed by atoms with van der Waals surface area (Å²) < 4.78 is 45.5. The summed E-state index contributed by atoms with van der Waals surface area (Å²) >= 11 is 0. The first-order valence-electron chi connectivity index (χ1n) is 6.74. The number of benzene rings is 1. The minimum Gasteiger partial charge on any atom is -0.0620 e. The van der Waals surface area contributed by atoms with Gasteiger partial charge >= 0.3 is 0 Å². The maximum absolute atomic E-state index is 7.58. The van der Waals surface area contributed by atoms with Crippen LogP contribution in [0.15, 0.2) is 24.3 Å². The lowest BCUT2D eigenvalue weighted by Crippen LogP contribution is -2.09. The zero-order valence-electron chi connectivity index (χ0n) is 12.2. The van der Waals surface area contributed by atoms with Crippen LogP contribution in [-0.2, 0) is 12.8 Å². The molecule has 0 unspecified atom stereocenters. The van der Waals surface area contributed by atoms with Gasteiger partial charge in [-0.15, -0.1) is 0 Å². The highest BCUT2D eigenvalue weighted by Crippen LogP contribution is 2.35. The molecule has 0 saturated heterocycles. The summed E-state index contributed by atoms with van der Waals surface area (Å²) in [6.45, 7) is -4.95. The average molecular weight is 152 g/mol. The van der Waals surface area contributed by atoms with Crippen molar-refractivity contribution in [2.45, 2.75) is 26.5 Å². The standard InChI is InChI=1S/C11H14/c1-11(2)7-9-5-3-4-6-10(9)8-11/h3-6H,7-8H2,1-2H3/i1D3,2D3. The van der Waals surface area contributed by atoms with E-state index in [9.17, 15) is 0 Å². The molecule has 1 aliphatic rings. The lowest BCUT2D eigenvalue weighted by atomic mass is 9.90. The van der Waals surface area contributed by atoms with Crippen LogP contribution in [0.5, 0.6) is 0 Å². The second kappa shape index (κ2) is 2.10. The van der Waals surface area contributed by atoms with Gasteiger partial charge in [-0.25, -0.2) is 0 Å². The van der Waals surface area contributed by atoms with E-state index in [1.807, 2.05) is 24.3 Å². The van der Waals surface area contributed by atoms with Crippen LogP contribution in [0.4, 0.5) is 0 Å². The molecule has 0 atom stereocenters. The van der Waals surface area contributed by atoms with Crippen molar-refractivity contribution in [1.82, 2.24) is 0 Å². The normalized spacial score (nSPS) is 30.2. The van der Waals surface area contributed by atoms with Gasteiger partial charge in [-0.3, -0.25) is 0 Å². The smallest absolute Gasteiger partial charge is 0.0236 e. The van der Waals surface area contributed by atoms with E-state index in [1.165, 1.54) is 0 Å². The van der Waals surface area contributed by atoms with E-state index in [4.69, 9.17) is 8.22 Å². The number of rotatable bonds is 0. The molecular formula is C11H14. The summed E-state index contributed by atoms with van der Waals surface area (Å²) in [4.78, 5) is 0. The zero-order chi connectivity index (χ0) is 12.9. The van der Waals surface area contributed by atoms with E-state index in [1.54, 1.807) is 0 Å². The Hall–Kier alpha value is -0.780. The van der Waals surface area contributed by atoms with Crippen molar-refractivity contribution in [2.75, 3.05) is 0 Å². The molecule has 0 fully saturated rings. The van der Waals surface area contributed by atoms with Crippen LogP contribution in [0.1, 0.15) is 33.1 Å². The van der Waals surface area contributed by atoms with E-state index in [0.29, 0.717) is 0 Å². The Kier molecular flexibility index (Phi) is 0.560. The fraction of sp³-hybridized carbons (Fsp3) is 0.455. The first kappa shape index (κ1) is 2.93. The van der Waals surface area contributed by atoms with Gasteiger partial charge in [0, 0.05) is 8.22 Å². The van der Waals surface area contributed by atoms with Gasteiger partial charge in [-0.05, 0) is 29.4 Å². The molecule has 2 rings (SSSR count). The summed E-state index contributed by atoms with van der Waals surface area (Å²) in [5, 5.41) is 0. The van der Waals surface area contributed by atoms with Crippen LogP contribution >= 0.6 is 0 Å². The highest BCUT2D eigenvalue weighted by atomic mass is 14.3. The number of fused-ring (bicyclic) bond motifs is 1. The van der Waals surface area contributed by atoms with E-state index in [0.717, 1.165) is 11.1 Å².